The van der Waals surface area contributed by atoms with Crippen LogP contribution in [0.3, 0.4) is 0 Å². The van der Waals surface area contributed by atoms with Gasteiger partial charge in [0.15, 0.2) is 0 Å². The number of H-pyrrole nitrogens is 1. The molecule has 4 aromatic heterocycles. The number of aromatic amines is 1. The monoisotopic (exact) mass is 488 g/mol. The second-order valence-electron chi connectivity index (χ2n) is 7.22. The number of amides is 2. The predicted octanol–water partition coefficient (Wildman–Crippen LogP) is -0.799. The average Bonchev–Trinajstić information content (AvgIpc) is 3.29. The molecule has 0 unspecified atom stereocenters. The standard InChI is InChI=1S/C21H18F2N8O2.ClH/c1-11-4-13(23)6-26-17(11)10-31(9-14-3-2-12(22)5-25-14)21(33)20(32)29-16-8-27-19(24)15-7-28-30-18(15)16;/h2-8H,9-10H2,1H3,(H2,24,27)(H,28,30)(H,29,32);1H. The quantitative estimate of drug-likeness (QED) is 0.312. The van der Waals surface area contributed by atoms with Crippen molar-refractivity contribution >= 4 is 34.2 Å². The van der Waals surface area contributed by atoms with Crippen molar-refractivity contribution in [3.63, 3.8) is 0 Å². The maximum absolute atomic E-state index is 13.5. The van der Waals surface area contributed by atoms with Crippen molar-refractivity contribution in [1.82, 2.24) is 30.0 Å². The molecule has 0 saturated carbocycles. The van der Waals surface area contributed by atoms with Gasteiger partial charge in [-0.1, -0.05) is 0 Å². The van der Waals surface area contributed by atoms with Crippen LogP contribution in [-0.4, -0.2) is 41.9 Å². The summed E-state index contributed by atoms with van der Waals surface area (Å²) in [5.41, 5.74) is 7.66. The maximum atomic E-state index is 13.5. The first-order valence-corrected chi connectivity index (χ1v) is 9.71. The van der Waals surface area contributed by atoms with Crippen LogP contribution in [0.4, 0.5) is 20.3 Å². The number of aromatic nitrogens is 5. The lowest BCUT2D eigenvalue weighted by Crippen LogP contribution is -3.00. The summed E-state index contributed by atoms with van der Waals surface area (Å²) < 4.78 is 26.7. The molecule has 0 aliphatic heterocycles. The number of carbonyl (C=O) groups excluding carboxylic acids is 2. The van der Waals surface area contributed by atoms with Gasteiger partial charge in [-0.25, -0.2) is 13.8 Å². The smallest absolute Gasteiger partial charge is 1.00 e. The molecule has 4 rings (SSSR count). The minimum atomic E-state index is -0.959. The summed E-state index contributed by atoms with van der Waals surface area (Å²) in [4.78, 5) is 39.0. The third-order valence-corrected chi connectivity index (χ3v) is 4.88. The summed E-state index contributed by atoms with van der Waals surface area (Å²) in [5.74, 6) is -2.71. The number of nitrogens with zero attached hydrogens (tertiary/aromatic N) is 5. The van der Waals surface area contributed by atoms with E-state index in [9.17, 15) is 18.4 Å². The van der Waals surface area contributed by atoms with E-state index < -0.39 is 23.4 Å². The summed E-state index contributed by atoms with van der Waals surface area (Å²) in [7, 11) is 0. The Kier molecular flexibility index (Phi) is 7.31. The van der Waals surface area contributed by atoms with Gasteiger partial charge in [0.1, 0.15) is 17.5 Å². The third-order valence-electron chi connectivity index (χ3n) is 4.88. The number of rotatable bonds is 5. The Labute approximate surface area is 199 Å². The average molecular weight is 489 g/mol. The Morgan fingerprint density at radius 2 is 1.85 bits per heavy atom. The molecule has 10 nitrogen and oxygen atoms in total. The highest BCUT2D eigenvalue weighted by Crippen LogP contribution is 2.24. The van der Waals surface area contributed by atoms with E-state index in [0.29, 0.717) is 27.9 Å². The minimum Gasteiger partial charge on any atom is -1.00 e. The number of nitrogens with two attached hydrogens (primary N) is 1. The predicted molar refractivity (Wildman–Crippen MR) is 115 cm³/mol. The SMILES string of the molecule is Cc1cc(F)cnc1CN(Cc1ccc(F)cn1)C(=O)C(=O)Nc1cnc(N)c2cn[nH]c12.[Cl-].[H+]. The summed E-state index contributed by atoms with van der Waals surface area (Å²) >= 11 is 0. The Bertz CT molecular complexity index is 1350. The number of carbonyl (C=O) groups is 2. The Morgan fingerprint density at radius 3 is 2.56 bits per heavy atom. The van der Waals surface area contributed by atoms with Crippen LogP contribution < -0.4 is 23.5 Å². The lowest BCUT2D eigenvalue weighted by atomic mass is 10.2. The topological polar surface area (TPSA) is 143 Å². The van der Waals surface area contributed by atoms with Crippen molar-refractivity contribution in [2.24, 2.45) is 0 Å². The molecule has 13 heteroatoms. The summed E-state index contributed by atoms with van der Waals surface area (Å²) in [6, 6.07) is 3.87. The molecule has 176 valence electrons. The van der Waals surface area contributed by atoms with Crippen LogP contribution in [0.2, 0.25) is 0 Å². The lowest BCUT2D eigenvalue weighted by molar-refractivity contribution is -0.144. The number of halogens is 3. The Morgan fingerprint density at radius 1 is 1.09 bits per heavy atom. The van der Waals surface area contributed by atoms with Crippen LogP contribution in [0.15, 0.2) is 43.0 Å². The normalized spacial score (nSPS) is 10.6. The van der Waals surface area contributed by atoms with Gasteiger partial charge in [-0.2, -0.15) is 5.10 Å². The molecule has 0 fully saturated rings. The summed E-state index contributed by atoms with van der Waals surface area (Å²) in [6.07, 6.45) is 4.79. The first kappa shape index (κ1) is 24.5. The van der Waals surface area contributed by atoms with Crippen molar-refractivity contribution in [2.75, 3.05) is 11.1 Å². The first-order valence-electron chi connectivity index (χ1n) is 9.71. The van der Waals surface area contributed by atoms with E-state index >= 15 is 0 Å². The maximum Gasteiger partial charge on any atom is 1.00 e. The van der Waals surface area contributed by atoms with E-state index in [1.165, 1.54) is 35.5 Å². The number of hydrogen-bond acceptors (Lipinski definition) is 7. The summed E-state index contributed by atoms with van der Waals surface area (Å²) in [5, 5.41) is 9.56. The van der Waals surface area contributed by atoms with Gasteiger partial charge in [0, 0.05) is 0 Å². The van der Waals surface area contributed by atoms with Gasteiger partial charge in [0.2, 0.25) is 0 Å². The van der Waals surface area contributed by atoms with E-state index in [2.05, 4.69) is 30.5 Å². The molecule has 0 aromatic carbocycles. The summed E-state index contributed by atoms with van der Waals surface area (Å²) in [6.45, 7) is 1.43. The number of anilines is 2. The molecule has 0 bridgehead atoms. The van der Waals surface area contributed by atoms with Crippen molar-refractivity contribution in [2.45, 2.75) is 20.0 Å². The van der Waals surface area contributed by atoms with Crippen LogP contribution in [0.25, 0.3) is 10.9 Å². The molecule has 4 aromatic rings. The van der Waals surface area contributed by atoms with E-state index in [-0.39, 0.29) is 38.4 Å². The fourth-order valence-corrected chi connectivity index (χ4v) is 3.18. The van der Waals surface area contributed by atoms with E-state index in [1.807, 2.05) is 0 Å². The second kappa shape index (κ2) is 10.2. The minimum absolute atomic E-state index is 0. The number of aryl methyl sites for hydroxylation is 1. The third kappa shape index (κ3) is 5.23. The van der Waals surface area contributed by atoms with Gasteiger partial charge in [0.25, 0.3) is 0 Å². The van der Waals surface area contributed by atoms with Gasteiger partial charge in [0.05, 0.1) is 65.9 Å². The van der Waals surface area contributed by atoms with Crippen LogP contribution in [0.5, 0.6) is 0 Å². The molecular weight excluding hydrogens is 470 g/mol. The van der Waals surface area contributed by atoms with Crippen molar-refractivity contribution in [3.05, 3.63) is 71.6 Å². The molecule has 4 heterocycles. The number of nitrogen functional groups attached to an aromatic ring is 1. The van der Waals surface area contributed by atoms with Crippen LogP contribution in [0.1, 0.15) is 18.4 Å². The van der Waals surface area contributed by atoms with E-state index in [4.69, 9.17) is 5.73 Å². The second-order valence-corrected chi connectivity index (χ2v) is 7.22. The van der Waals surface area contributed by atoms with E-state index in [1.54, 1.807) is 6.92 Å². The molecule has 0 aliphatic rings. The van der Waals surface area contributed by atoms with E-state index in [0.717, 1.165) is 12.4 Å². The fourth-order valence-electron chi connectivity index (χ4n) is 3.18. The Hall–Kier alpha value is -4.19. The van der Waals surface area contributed by atoms with Crippen molar-refractivity contribution in [1.29, 1.82) is 0 Å². The van der Waals surface area contributed by atoms with Crippen molar-refractivity contribution in [3.8, 4) is 0 Å². The lowest BCUT2D eigenvalue weighted by Gasteiger charge is -2.22. The highest BCUT2D eigenvalue weighted by atomic mass is 35.5. The molecule has 0 aliphatic carbocycles. The Balaban J connectivity index is 0.00000216. The first-order chi connectivity index (χ1) is 15.8. The number of hydrogen-bond donors (Lipinski definition) is 3. The van der Waals surface area contributed by atoms with Crippen LogP contribution in [-0.2, 0) is 22.7 Å². The van der Waals surface area contributed by atoms with Gasteiger partial charge < -0.3 is 28.4 Å². The highest BCUT2D eigenvalue weighted by Gasteiger charge is 2.25. The van der Waals surface area contributed by atoms with Gasteiger partial charge in [-0.3, -0.25) is 24.7 Å². The highest BCUT2D eigenvalue weighted by molar-refractivity contribution is 6.40. The number of pyridine rings is 3. The molecule has 0 spiro atoms. The van der Waals surface area contributed by atoms with Gasteiger partial charge in [-0.15, -0.1) is 0 Å². The van der Waals surface area contributed by atoms with Gasteiger partial charge >= 0.3 is 13.2 Å². The number of fused-ring (bicyclic) bond motifs is 1. The fraction of sp³-hybridized carbons (Fsp3) is 0.143. The van der Waals surface area contributed by atoms with Gasteiger partial charge in [-0.05, 0) is 30.7 Å². The molecule has 2 amide bonds. The molecule has 0 radical (unpaired) electrons. The zero-order valence-electron chi connectivity index (χ0n) is 18.7. The number of nitrogens with one attached hydrogen (secondary N) is 2. The van der Waals surface area contributed by atoms with Crippen LogP contribution in [0, 0.1) is 18.6 Å². The zero-order chi connectivity index (χ0) is 23.5. The largest absolute Gasteiger partial charge is 1.00 e. The molecule has 34 heavy (non-hydrogen) atoms. The molecule has 0 atom stereocenters. The van der Waals surface area contributed by atoms with Crippen LogP contribution >= 0.6 is 0 Å². The molecular formula is C21H19ClF2N8O2. The van der Waals surface area contributed by atoms with Crippen molar-refractivity contribution < 1.29 is 32.2 Å². The zero-order valence-corrected chi connectivity index (χ0v) is 18.5. The molecule has 0 saturated heterocycles. The molecule has 4 N–H and O–H groups in total.